The van der Waals surface area contributed by atoms with Crippen LogP contribution in [-0.4, -0.2) is 28.2 Å². The number of aryl methyl sites for hydroxylation is 1. The topological polar surface area (TPSA) is 59.0 Å². The second-order valence-corrected chi connectivity index (χ2v) is 6.25. The van der Waals surface area contributed by atoms with Crippen molar-refractivity contribution >= 4 is 17.1 Å². The van der Waals surface area contributed by atoms with Crippen LogP contribution in [0.15, 0.2) is 18.2 Å². The first kappa shape index (κ1) is 16.3. The Bertz CT molecular complexity index is 658. The third-order valence-corrected chi connectivity index (χ3v) is 3.57. The van der Waals surface area contributed by atoms with Crippen LogP contribution in [0.25, 0.3) is 11.0 Å². The summed E-state index contributed by atoms with van der Waals surface area (Å²) < 4.78 is 2.24. The molecule has 1 heterocycles. The molecule has 0 aliphatic carbocycles. The Morgan fingerprint density at radius 2 is 2.00 bits per heavy atom. The molecule has 5 nitrogen and oxygen atoms in total. The van der Waals surface area contributed by atoms with E-state index in [0.29, 0.717) is 12.6 Å². The first-order valence-electron chi connectivity index (χ1n) is 7.90. The van der Waals surface area contributed by atoms with Gasteiger partial charge in [-0.1, -0.05) is 6.07 Å². The van der Waals surface area contributed by atoms with Gasteiger partial charge in [-0.25, -0.2) is 9.78 Å². The Kier molecular flexibility index (Phi) is 5.06. The van der Waals surface area contributed by atoms with Gasteiger partial charge >= 0.3 is 6.03 Å². The lowest BCUT2D eigenvalue weighted by Gasteiger charge is -2.11. The third kappa shape index (κ3) is 3.78. The fourth-order valence-electron chi connectivity index (χ4n) is 2.71. The molecule has 2 aromatic rings. The van der Waals surface area contributed by atoms with Crippen molar-refractivity contribution in [3.63, 3.8) is 0 Å². The first-order chi connectivity index (χ1) is 10.4. The molecule has 120 valence electrons. The van der Waals surface area contributed by atoms with Crippen molar-refractivity contribution in [2.24, 2.45) is 0 Å². The number of fused-ring (bicyclic) bond motifs is 1. The van der Waals surface area contributed by atoms with Crippen LogP contribution in [0.1, 0.15) is 45.1 Å². The highest BCUT2D eigenvalue weighted by Gasteiger charge is 2.10. The Labute approximate surface area is 132 Å². The summed E-state index contributed by atoms with van der Waals surface area (Å²) in [4.78, 5) is 16.2. The monoisotopic (exact) mass is 302 g/mol. The highest BCUT2D eigenvalue weighted by molar-refractivity contribution is 5.77. The van der Waals surface area contributed by atoms with Crippen LogP contribution in [0.4, 0.5) is 4.79 Å². The van der Waals surface area contributed by atoms with Gasteiger partial charge in [0.05, 0.1) is 11.0 Å². The zero-order valence-electron chi connectivity index (χ0n) is 14.1. The maximum Gasteiger partial charge on any atom is 0.314 e. The molecule has 2 rings (SSSR count). The molecule has 2 amide bonds. The van der Waals surface area contributed by atoms with Gasteiger partial charge in [0.1, 0.15) is 5.82 Å². The fourth-order valence-corrected chi connectivity index (χ4v) is 2.71. The Morgan fingerprint density at radius 3 is 2.64 bits per heavy atom. The minimum Gasteiger partial charge on any atom is -0.338 e. The number of amides is 2. The lowest BCUT2D eigenvalue weighted by molar-refractivity contribution is 0.238. The van der Waals surface area contributed by atoms with Crippen LogP contribution >= 0.6 is 0 Å². The molecule has 0 aliphatic rings. The summed E-state index contributed by atoms with van der Waals surface area (Å²) in [5.74, 6) is 1.04. The summed E-state index contributed by atoms with van der Waals surface area (Å²) in [6.07, 6.45) is 0.801. The van der Waals surface area contributed by atoms with E-state index >= 15 is 0 Å². The van der Waals surface area contributed by atoms with Gasteiger partial charge in [-0.15, -0.1) is 0 Å². The zero-order chi connectivity index (χ0) is 16.3. The largest absolute Gasteiger partial charge is 0.338 e. The van der Waals surface area contributed by atoms with Gasteiger partial charge < -0.3 is 15.2 Å². The van der Waals surface area contributed by atoms with Crippen LogP contribution < -0.4 is 10.6 Å². The predicted octanol–water partition coefficient (Wildman–Crippen LogP) is 3.18. The number of carbonyl (C=O) groups is 1. The van der Waals surface area contributed by atoms with Gasteiger partial charge in [-0.3, -0.25) is 0 Å². The molecule has 0 aliphatic heterocycles. The Morgan fingerprint density at radius 1 is 1.27 bits per heavy atom. The number of nitrogens with zero attached hydrogens (tertiary/aromatic N) is 2. The second kappa shape index (κ2) is 6.81. The molecule has 1 aromatic carbocycles. The highest BCUT2D eigenvalue weighted by Crippen LogP contribution is 2.21. The summed E-state index contributed by atoms with van der Waals surface area (Å²) in [5.41, 5.74) is 3.38. The molecule has 5 heteroatoms. The number of urea groups is 1. The van der Waals surface area contributed by atoms with Gasteiger partial charge in [0.2, 0.25) is 0 Å². The number of rotatable bonds is 5. The lowest BCUT2D eigenvalue weighted by atomic mass is 10.1. The van der Waals surface area contributed by atoms with Crippen LogP contribution in [-0.2, 0) is 6.42 Å². The summed E-state index contributed by atoms with van der Waals surface area (Å²) in [7, 11) is 0. The van der Waals surface area contributed by atoms with E-state index in [9.17, 15) is 4.79 Å². The quantitative estimate of drug-likeness (QED) is 0.891. The number of hydrogen-bond donors (Lipinski definition) is 2. The van der Waals surface area contributed by atoms with E-state index in [1.165, 1.54) is 11.1 Å². The minimum atomic E-state index is -0.115. The average molecular weight is 302 g/mol. The van der Waals surface area contributed by atoms with Crippen molar-refractivity contribution in [3.8, 4) is 0 Å². The predicted molar refractivity (Wildman–Crippen MR) is 90.2 cm³/mol. The van der Waals surface area contributed by atoms with Gasteiger partial charge in [-0.2, -0.15) is 0 Å². The molecule has 2 N–H and O–H groups in total. The molecule has 22 heavy (non-hydrogen) atoms. The van der Waals surface area contributed by atoms with Gasteiger partial charge in [0, 0.05) is 18.6 Å². The molecule has 0 bridgehead atoms. The van der Waals surface area contributed by atoms with Gasteiger partial charge in [0.25, 0.3) is 0 Å². The zero-order valence-corrected chi connectivity index (χ0v) is 14.1. The van der Waals surface area contributed by atoms with Crippen LogP contribution in [0.5, 0.6) is 0 Å². The van der Waals surface area contributed by atoms with Crippen molar-refractivity contribution in [2.45, 2.75) is 53.1 Å². The summed E-state index contributed by atoms with van der Waals surface area (Å²) in [5, 5.41) is 5.69. The summed E-state index contributed by atoms with van der Waals surface area (Å²) >= 11 is 0. The number of benzene rings is 1. The molecule has 0 saturated heterocycles. The lowest BCUT2D eigenvalue weighted by Crippen LogP contribution is -2.40. The summed E-state index contributed by atoms with van der Waals surface area (Å²) in [6.45, 7) is 10.9. The fraction of sp³-hybridized carbons (Fsp3) is 0.529. The van der Waals surface area contributed by atoms with Crippen molar-refractivity contribution in [1.29, 1.82) is 0 Å². The normalized spacial score (nSPS) is 11.4. The molecular formula is C17H26N4O. The molecule has 0 unspecified atom stereocenters. The van der Waals surface area contributed by atoms with E-state index in [0.717, 1.165) is 17.8 Å². The number of imidazole rings is 1. The van der Waals surface area contributed by atoms with E-state index in [-0.39, 0.29) is 12.1 Å². The van der Waals surface area contributed by atoms with Crippen LogP contribution in [0, 0.1) is 6.92 Å². The Balaban J connectivity index is 2.03. The van der Waals surface area contributed by atoms with E-state index < -0.39 is 0 Å². The number of hydrogen-bond acceptors (Lipinski definition) is 2. The standard InChI is InChI=1S/C17H26N4O/c1-11(2)19-17(22)18-9-8-14-6-7-16-15(10-14)20-13(5)21(16)12(3)4/h6-7,10-12H,8-9H2,1-5H3,(H2,18,19,22). The van der Waals surface area contributed by atoms with Crippen molar-refractivity contribution in [1.82, 2.24) is 20.2 Å². The minimum absolute atomic E-state index is 0.115. The molecule has 0 spiro atoms. The smallest absolute Gasteiger partial charge is 0.314 e. The summed E-state index contributed by atoms with van der Waals surface area (Å²) in [6, 6.07) is 6.79. The SMILES string of the molecule is Cc1nc2cc(CCNC(=O)NC(C)C)ccc2n1C(C)C. The maximum absolute atomic E-state index is 11.5. The van der Waals surface area contributed by atoms with Gasteiger partial charge in [0.15, 0.2) is 0 Å². The molecule has 0 fully saturated rings. The van der Waals surface area contributed by atoms with Gasteiger partial charge in [-0.05, 0) is 58.7 Å². The molecular weight excluding hydrogens is 276 g/mol. The molecule has 0 atom stereocenters. The van der Waals surface area contributed by atoms with Crippen molar-refractivity contribution < 1.29 is 4.79 Å². The first-order valence-corrected chi connectivity index (χ1v) is 7.90. The molecule has 0 radical (unpaired) electrons. The van der Waals surface area contributed by atoms with E-state index in [2.05, 4.69) is 52.2 Å². The average Bonchev–Trinajstić information content (AvgIpc) is 2.72. The molecule has 1 aromatic heterocycles. The Hall–Kier alpha value is -2.04. The van der Waals surface area contributed by atoms with Crippen LogP contribution in [0.2, 0.25) is 0 Å². The van der Waals surface area contributed by atoms with E-state index in [4.69, 9.17) is 0 Å². The van der Waals surface area contributed by atoms with Crippen molar-refractivity contribution in [2.75, 3.05) is 6.54 Å². The number of carbonyl (C=O) groups excluding carboxylic acids is 1. The number of nitrogens with one attached hydrogen (secondary N) is 2. The molecule has 0 saturated carbocycles. The van der Waals surface area contributed by atoms with E-state index in [1.807, 2.05) is 20.8 Å². The maximum atomic E-state index is 11.5. The highest BCUT2D eigenvalue weighted by atomic mass is 16.2. The number of aromatic nitrogens is 2. The van der Waals surface area contributed by atoms with E-state index in [1.54, 1.807) is 0 Å². The third-order valence-electron chi connectivity index (χ3n) is 3.57. The second-order valence-electron chi connectivity index (χ2n) is 6.25. The van der Waals surface area contributed by atoms with Crippen LogP contribution in [0.3, 0.4) is 0 Å². The van der Waals surface area contributed by atoms with Crippen molar-refractivity contribution in [3.05, 3.63) is 29.6 Å².